The first-order valence-corrected chi connectivity index (χ1v) is 6.17. The zero-order valence-electron chi connectivity index (χ0n) is 10.2. The van der Waals surface area contributed by atoms with Gasteiger partial charge in [0.1, 0.15) is 0 Å². The van der Waals surface area contributed by atoms with Gasteiger partial charge in [-0.25, -0.2) is 0 Å². The Morgan fingerprint density at radius 3 is 2.78 bits per heavy atom. The standard InChI is InChI=1S/C12H16ClN3O2/c1-2-5-15-11(17)4-7-16-12(18)9-3-6-14-8-10(9)13/h3,6,8H,2,4-5,7H2,1H3,(H,15,17)(H,16,18). The van der Waals surface area contributed by atoms with Crippen LogP contribution in [0.15, 0.2) is 18.5 Å². The van der Waals surface area contributed by atoms with Crippen molar-refractivity contribution in [3.05, 3.63) is 29.0 Å². The summed E-state index contributed by atoms with van der Waals surface area (Å²) in [5.74, 6) is -0.372. The van der Waals surface area contributed by atoms with Crippen molar-refractivity contribution in [2.45, 2.75) is 19.8 Å². The number of nitrogens with one attached hydrogen (secondary N) is 2. The van der Waals surface area contributed by atoms with E-state index in [1.54, 1.807) is 0 Å². The molecule has 0 fully saturated rings. The number of hydrogen-bond acceptors (Lipinski definition) is 3. The van der Waals surface area contributed by atoms with Crippen LogP contribution in [0, 0.1) is 0 Å². The van der Waals surface area contributed by atoms with Gasteiger partial charge in [0, 0.05) is 31.9 Å². The zero-order chi connectivity index (χ0) is 13.4. The molecule has 18 heavy (non-hydrogen) atoms. The molecule has 0 aliphatic carbocycles. The van der Waals surface area contributed by atoms with Crippen molar-refractivity contribution < 1.29 is 9.59 Å². The highest BCUT2D eigenvalue weighted by Gasteiger charge is 2.09. The monoisotopic (exact) mass is 269 g/mol. The molecule has 0 aromatic carbocycles. The molecule has 1 heterocycles. The van der Waals surface area contributed by atoms with E-state index in [1.807, 2.05) is 6.92 Å². The first-order valence-electron chi connectivity index (χ1n) is 5.79. The number of hydrogen-bond donors (Lipinski definition) is 2. The van der Waals surface area contributed by atoms with Crippen LogP contribution in [0.25, 0.3) is 0 Å². The largest absolute Gasteiger partial charge is 0.356 e. The first-order chi connectivity index (χ1) is 8.65. The van der Waals surface area contributed by atoms with Gasteiger partial charge in [-0.05, 0) is 12.5 Å². The van der Waals surface area contributed by atoms with Gasteiger partial charge in [0.2, 0.25) is 5.91 Å². The van der Waals surface area contributed by atoms with Crippen LogP contribution in [-0.4, -0.2) is 29.9 Å². The van der Waals surface area contributed by atoms with Gasteiger partial charge in [0.05, 0.1) is 10.6 Å². The van der Waals surface area contributed by atoms with Gasteiger partial charge in [-0.15, -0.1) is 0 Å². The second-order valence-electron chi connectivity index (χ2n) is 3.71. The van der Waals surface area contributed by atoms with Gasteiger partial charge in [-0.3, -0.25) is 14.6 Å². The Morgan fingerprint density at radius 1 is 1.33 bits per heavy atom. The number of halogens is 1. The number of pyridine rings is 1. The maximum absolute atomic E-state index is 11.7. The molecule has 1 aromatic heterocycles. The highest BCUT2D eigenvalue weighted by Crippen LogP contribution is 2.12. The van der Waals surface area contributed by atoms with E-state index in [1.165, 1.54) is 18.5 Å². The quantitative estimate of drug-likeness (QED) is 0.820. The molecule has 0 aliphatic rings. The van der Waals surface area contributed by atoms with Crippen LogP contribution in [0.5, 0.6) is 0 Å². The summed E-state index contributed by atoms with van der Waals surface area (Å²) in [6, 6.07) is 1.54. The highest BCUT2D eigenvalue weighted by atomic mass is 35.5. The lowest BCUT2D eigenvalue weighted by Gasteiger charge is -2.06. The zero-order valence-corrected chi connectivity index (χ0v) is 11.0. The molecule has 2 N–H and O–H groups in total. The Morgan fingerprint density at radius 2 is 2.11 bits per heavy atom. The summed E-state index contributed by atoms with van der Waals surface area (Å²) >= 11 is 5.83. The molecule has 1 rings (SSSR count). The van der Waals surface area contributed by atoms with E-state index in [2.05, 4.69) is 15.6 Å². The molecule has 0 bridgehead atoms. The van der Waals surface area contributed by atoms with Crippen LogP contribution in [0.4, 0.5) is 0 Å². The summed E-state index contributed by atoms with van der Waals surface area (Å²) in [4.78, 5) is 26.8. The molecule has 0 saturated heterocycles. The van der Waals surface area contributed by atoms with Crippen LogP contribution in [0.1, 0.15) is 30.1 Å². The van der Waals surface area contributed by atoms with Crippen molar-refractivity contribution in [3.63, 3.8) is 0 Å². The lowest BCUT2D eigenvalue weighted by molar-refractivity contribution is -0.120. The van der Waals surface area contributed by atoms with Crippen LogP contribution in [0.2, 0.25) is 5.02 Å². The third-order valence-electron chi connectivity index (χ3n) is 2.23. The molecule has 0 aliphatic heterocycles. The lowest BCUT2D eigenvalue weighted by Crippen LogP contribution is -2.31. The van der Waals surface area contributed by atoms with Gasteiger partial charge in [-0.2, -0.15) is 0 Å². The SMILES string of the molecule is CCCNC(=O)CCNC(=O)c1ccncc1Cl. The summed E-state index contributed by atoms with van der Waals surface area (Å²) in [7, 11) is 0. The van der Waals surface area contributed by atoms with Crippen LogP contribution >= 0.6 is 11.6 Å². The van der Waals surface area contributed by atoms with Gasteiger partial charge < -0.3 is 10.6 Å². The fourth-order valence-corrected chi connectivity index (χ4v) is 1.50. The smallest absolute Gasteiger partial charge is 0.252 e. The second kappa shape index (κ2) is 7.66. The molecule has 0 radical (unpaired) electrons. The van der Waals surface area contributed by atoms with Crippen LogP contribution in [0.3, 0.4) is 0 Å². The van der Waals surface area contributed by atoms with Crippen molar-refractivity contribution in [1.29, 1.82) is 0 Å². The predicted molar refractivity (Wildman–Crippen MR) is 69.5 cm³/mol. The maximum Gasteiger partial charge on any atom is 0.252 e. The number of rotatable bonds is 6. The molecule has 1 aromatic rings. The van der Waals surface area contributed by atoms with Crippen LogP contribution in [-0.2, 0) is 4.79 Å². The molecule has 6 heteroatoms. The van der Waals surface area contributed by atoms with Crippen molar-refractivity contribution in [1.82, 2.24) is 15.6 Å². The van der Waals surface area contributed by atoms with Gasteiger partial charge in [0.15, 0.2) is 0 Å². The van der Waals surface area contributed by atoms with Gasteiger partial charge in [-0.1, -0.05) is 18.5 Å². The number of carbonyl (C=O) groups excluding carboxylic acids is 2. The summed E-state index contributed by atoms with van der Waals surface area (Å²) in [5.41, 5.74) is 0.362. The Bertz CT molecular complexity index is 424. The molecule has 2 amide bonds. The summed E-state index contributed by atoms with van der Waals surface area (Å²) < 4.78 is 0. The Hall–Kier alpha value is -1.62. The molecule has 0 unspecified atom stereocenters. The molecule has 98 valence electrons. The minimum atomic E-state index is -0.300. The highest BCUT2D eigenvalue weighted by molar-refractivity contribution is 6.33. The van der Waals surface area contributed by atoms with Crippen LogP contribution < -0.4 is 10.6 Å². The number of amides is 2. The maximum atomic E-state index is 11.7. The van der Waals surface area contributed by atoms with E-state index in [4.69, 9.17) is 11.6 Å². The lowest BCUT2D eigenvalue weighted by atomic mass is 10.2. The number of aromatic nitrogens is 1. The van der Waals surface area contributed by atoms with Crippen molar-refractivity contribution in [3.8, 4) is 0 Å². The van der Waals surface area contributed by atoms with E-state index in [0.717, 1.165) is 6.42 Å². The normalized spacial score (nSPS) is 9.89. The average molecular weight is 270 g/mol. The molecule has 0 atom stereocenters. The van der Waals surface area contributed by atoms with E-state index in [9.17, 15) is 9.59 Å². The summed E-state index contributed by atoms with van der Waals surface area (Å²) in [5, 5.41) is 5.66. The third kappa shape index (κ3) is 4.71. The molecule has 0 saturated carbocycles. The van der Waals surface area contributed by atoms with Gasteiger partial charge >= 0.3 is 0 Å². The number of nitrogens with zero attached hydrogens (tertiary/aromatic N) is 1. The molecule has 0 spiro atoms. The van der Waals surface area contributed by atoms with E-state index < -0.39 is 0 Å². The number of carbonyl (C=O) groups is 2. The first kappa shape index (κ1) is 14.4. The Labute approximate surface area is 111 Å². The van der Waals surface area contributed by atoms with Crippen molar-refractivity contribution in [2.24, 2.45) is 0 Å². The third-order valence-corrected chi connectivity index (χ3v) is 2.53. The Kier molecular flexibility index (Phi) is 6.14. The van der Waals surface area contributed by atoms with E-state index >= 15 is 0 Å². The summed E-state index contributed by atoms with van der Waals surface area (Å²) in [6.07, 6.45) is 4.05. The van der Waals surface area contributed by atoms with E-state index in [0.29, 0.717) is 17.1 Å². The molecular weight excluding hydrogens is 254 g/mol. The summed E-state index contributed by atoms with van der Waals surface area (Å²) in [6.45, 7) is 2.92. The predicted octanol–water partition coefficient (Wildman–Crippen LogP) is 1.38. The van der Waals surface area contributed by atoms with Crippen molar-refractivity contribution in [2.75, 3.05) is 13.1 Å². The minimum absolute atomic E-state index is 0.0713. The molecular formula is C12H16ClN3O2. The van der Waals surface area contributed by atoms with Gasteiger partial charge in [0.25, 0.3) is 5.91 Å². The average Bonchev–Trinajstić information content (AvgIpc) is 2.36. The van der Waals surface area contributed by atoms with E-state index in [-0.39, 0.29) is 24.8 Å². The topological polar surface area (TPSA) is 71.1 Å². The second-order valence-corrected chi connectivity index (χ2v) is 4.12. The molecule has 5 nitrogen and oxygen atoms in total. The fraction of sp³-hybridized carbons (Fsp3) is 0.417. The fourth-order valence-electron chi connectivity index (χ4n) is 1.30. The van der Waals surface area contributed by atoms with Crippen molar-refractivity contribution >= 4 is 23.4 Å². The minimum Gasteiger partial charge on any atom is -0.356 e. The Balaban J connectivity index is 2.34.